The van der Waals surface area contributed by atoms with Gasteiger partial charge in [0.1, 0.15) is 0 Å². The van der Waals surface area contributed by atoms with Crippen LogP contribution in [0.2, 0.25) is 0 Å². The molecule has 0 spiro atoms. The van der Waals surface area contributed by atoms with Gasteiger partial charge in [0.15, 0.2) is 0 Å². The number of carbonyl (C=O) groups excluding carboxylic acids is 1. The molecule has 21 heavy (non-hydrogen) atoms. The highest BCUT2D eigenvalue weighted by molar-refractivity contribution is 5.92. The van der Waals surface area contributed by atoms with Gasteiger partial charge in [-0.1, -0.05) is 12.1 Å². The summed E-state index contributed by atoms with van der Waals surface area (Å²) in [6.45, 7) is 2.63. The minimum atomic E-state index is -0.466. The summed E-state index contributed by atoms with van der Waals surface area (Å²) in [6.07, 6.45) is 4.77. The predicted octanol–water partition coefficient (Wildman–Crippen LogP) is 2.29. The van der Waals surface area contributed by atoms with Crippen LogP contribution in [0.25, 0.3) is 6.08 Å². The van der Waals surface area contributed by atoms with Gasteiger partial charge in [-0.05, 0) is 31.9 Å². The van der Waals surface area contributed by atoms with Crippen molar-refractivity contribution in [1.82, 2.24) is 5.32 Å². The maximum Gasteiger partial charge on any atom is 0.276 e. The molecule has 6 nitrogen and oxygen atoms in total. The van der Waals surface area contributed by atoms with Gasteiger partial charge in [0.25, 0.3) is 5.69 Å². The van der Waals surface area contributed by atoms with E-state index in [2.05, 4.69) is 5.32 Å². The third-order valence-electron chi connectivity index (χ3n) is 3.44. The predicted molar refractivity (Wildman–Crippen MR) is 78.7 cm³/mol. The molecule has 1 aromatic carbocycles. The zero-order valence-electron chi connectivity index (χ0n) is 11.8. The number of hydrogen-bond acceptors (Lipinski definition) is 4. The number of nitrogens with zero attached hydrogens (tertiary/aromatic N) is 1. The lowest BCUT2D eigenvalue weighted by atomic mass is 10.1. The number of nitrogens with one attached hydrogen (secondary N) is 1. The van der Waals surface area contributed by atoms with Gasteiger partial charge in [0, 0.05) is 18.7 Å². The Kier molecular flexibility index (Phi) is 5.05. The number of rotatable bonds is 5. The van der Waals surface area contributed by atoms with Gasteiger partial charge >= 0.3 is 0 Å². The molecule has 1 N–H and O–H groups in total. The summed E-state index contributed by atoms with van der Waals surface area (Å²) in [5, 5.41) is 13.7. The minimum Gasteiger partial charge on any atom is -0.376 e. The lowest BCUT2D eigenvalue weighted by Gasteiger charge is -2.18. The largest absolute Gasteiger partial charge is 0.376 e. The summed E-state index contributed by atoms with van der Waals surface area (Å²) in [5.41, 5.74) is 0.385. The first-order valence-corrected chi connectivity index (χ1v) is 6.91. The van der Waals surface area contributed by atoms with Crippen molar-refractivity contribution in [3.05, 3.63) is 46.0 Å². The van der Waals surface area contributed by atoms with Crippen LogP contribution in [0.15, 0.2) is 30.3 Å². The maximum atomic E-state index is 11.8. The fraction of sp³-hybridized carbons (Fsp3) is 0.400. The zero-order valence-corrected chi connectivity index (χ0v) is 11.8. The average molecular weight is 290 g/mol. The van der Waals surface area contributed by atoms with Crippen molar-refractivity contribution in [2.24, 2.45) is 0 Å². The molecule has 0 radical (unpaired) electrons. The third-order valence-corrected chi connectivity index (χ3v) is 3.44. The highest BCUT2D eigenvalue weighted by atomic mass is 16.6. The Morgan fingerprint density at radius 3 is 2.95 bits per heavy atom. The van der Waals surface area contributed by atoms with Crippen LogP contribution in [-0.2, 0) is 9.53 Å². The van der Waals surface area contributed by atoms with Crippen molar-refractivity contribution in [3.8, 4) is 0 Å². The molecule has 1 fully saturated rings. The van der Waals surface area contributed by atoms with E-state index in [4.69, 9.17) is 4.74 Å². The molecular formula is C15H18N2O4. The molecule has 0 aromatic heterocycles. The van der Waals surface area contributed by atoms with Crippen LogP contribution >= 0.6 is 0 Å². The SMILES string of the molecule is C[C@H](NC(=O)/C=C/c1ccccc1[N+](=O)[O-])[C@@H]1CCCO1. The molecule has 0 aliphatic carbocycles. The van der Waals surface area contributed by atoms with Crippen molar-refractivity contribution in [2.45, 2.75) is 31.9 Å². The molecule has 0 unspecified atom stereocenters. The van der Waals surface area contributed by atoms with E-state index in [9.17, 15) is 14.9 Å². The quantitative estimate of drug-likeness (QED) is 0.512. The zero-order chi connectivity index (χ0) is 15.2. The Hall–Kier alpha value is -2.21. The van der Waals surface area contributed by atoms with Crippen LogP contribution in [0.4, 0.5) is 5.69 Å². The molecule has 0 saturated carbocycles. The normalized spacial score (nSPS) is 19.6. The molecule has 6 heteroatoms. The van der Waals surface area contributed by atoms with Crippen LogP contribution in [0.1, 0.15) is 25.3 Å². The molecule has 1 heterocycles. The van der Waals surface area contributed by atoms with E-state index in [0.717, 1.165) is 19.4 Å². The molecule has 1 aliphatic heterocycles. The molecular weight excluding hydrogens is 272 g/mol. The van der Waals surface area contributed by atoms with E-state index in [0.29, 0.717) is 5.56 Å². The molecule has 0 bridgehead atoms. The molecule has 1 aromatic rings. The van der Waals surface area contributed by atoms with Gasteiger partial charge in [-0.2, -0.15) is 0 Å². The maximum absolute atomic E-state index is 11.8. The van der Waals surface area contributed by atoms with Gasteiger partial charge in [-0.25, -0.2) is 0 Å². The van der Waals surface area contributed by atoms with Gasteiger partial charge in [0.05, 0.1) is 22.6 Å². The van der Waals surface area contributed by atoms with Crippen LogP contribution < -0.4 is 5.32 Å². The van der Waals surface area contributed by atoms with Gasteiger partial charge in [-0.15, -0.1) is 0 Å². The van der Waals surface area contributed by atoms with Crippen molar-refractivity contribution in [3.63, 3.8) is 0 Å². The van der Waals surface area contributed by atoms with Crippen molar-refractivity contribution in [2.75, 3.05) is 6.61 Å². The van der Waals surface area contributed by atoms with Crippen LogP contribution in [0, 0.1) is 10.1 Å². The van der Waals surface area contributed by atoms with Gasteiger partial charge in [-0.3, -0.25) is 14.9 Å². The molecule has 2 rings (SSSR count). The smallest absolute Gasteiger partial charge is 0.276 e. The number of para-hydroxylation sites is 1. The number of hydrogen-bond donors (Lipinski definition) is 1. The summed E-state index contributed by atoms with van der Waals surface area (Å²) < 4.78 is 5.50. The molecule has 1 saturated heterocycles. The van der Waals surface area contributed by atoms with Crippen molar-refractivity contribution >= 4 is 17.7 Å². The summed E-state index contributed by atoms with van der Waals surface area (Å²) in [4.78, 5) is 22.2. The number of nitro benzene ring substituents is 1. The first-order chi connectivity index (χ1) is 10.1. The Morgan fingerprint density at radius 2 is 2.29 bits per heavy atom. The van der Waals surface area contributed by atoms with Crippen molar-refractivity contribution in [1.29, 1.82) is 0 Å². The summed E-state index contributed by atoms with van der Waals surface area (Å²) >= 11 is 0. The minimum absolute atomic E-state index is 0.0197. The Labute approximate surface area is 122 Å². The summed E-state index contributed by atoms with van der Waals surface area (Å²) in [5.74, 6) is -0.281. The number of amides is 1. The number of carbonyl (C=O) groups is 1. The monoisotopic (exact) mass is 290 g/mol. The highest BCUT2D eigenvalue weighted by Crippen LogP contribution is 2.19. The Bertz CT molecular complexity index is 550. The van der Waals surface area contributed by atoms with E-state index in [-0.39, 0.29) is 23.7 Å². The second-order valence-electron chi connectivity index (χ2n) is 5.00. The van der Waals surface area contributed by atoms with Crippen LogP contribution in [-0.4, -0.2) is 29.6 Å². The van der Waals surface area contributed by atoms with Crippen LogP contribution in [0.3, 0.4) is 0 Å². The molecule has 1 aliphatic rings. The summed E-state index contributed by atoms with van der Waals surface area (Å²) in [6, 6.07) is 6.22. The topological polar surface area (TPSA) is 81.5 Å². The average Bonchev–Trinajstić information content (AvgIpc) is 2.99. The van der Waals surface area contributed by atoms with E-state index in [1.807, 2.05) is 6.92 Å². The molecule has 112 valence electrons. The number of ether oxygens (including phenoxy) is 1. The number of benzene rings is 1. The summed E-state index contributed by atoms with van der Waals surface area (Å²) in [7, 11) is 0. The standard InChI is InChI=1S/C15H18N2O4/c1-11(14-7-4-10-21-14)16-15(18)9-8-12-5-2-3-6-13(12)17(19)20/h2-3,5-6,8-9,11,14H,4,7,10H2,1H3,(H,16,18)/b9-8+/t11-,14-/m0/s1. The van der Waals surface area contributed by atoms with Gasteiger partial charge < -0.3 is 10.1 Å². The van der Waals surface area contributed by atoms with Crippen LogP contribution in [0.5, 0.6) is 0 Å². The molecule has 1 amide bonds. The van der Waals surface area contributed by atoms with E-state index >= 15 is 0 Å². The lowest BCUT2D eigenvalue weighted by Crippen LogP contribution is -2.40. The van der Waals surface area contributed by atoms with Gasteiger partial charge in [0.2, 0.25) is 5.91 Å². The fourth-order valence-electron chi connectivity index (χ4n) is 2.32. The second-order valence-corrected chi connectivity index (χ2v) is 5.00. The van der Waals surface area contributed by atoms with Crippen molar-refractivity contribution < 1.29 is 14.5 Å². The first kappa shape index (κ1) is 15.2. The number of nitro groups is 1. The van der Waals surface area contributed by atoms with E-state index < -0.39 is 4.92 Å². The van der Waals surface area contributed by atoms with E-state index in [1.54, 1.807) is 18.2 Å². The Balaban J connectivity index is 1.97. The van der Waals surface area contributed by atoms with E-state index in [1.165, 1.54) is 18.2 Å². The second kappa shape index (κ2) is 6.99. The molecule has 2 atom stereocenters. The third kappa shape index (κ3) is 4.13. The highest BCUT2D eigenvalue weighted by Gasteiger charge is 2.23. The lowest BCUT2D eigenvalue weighted by molar-refractivity contribution is -0.385. The Morgan fingerprint density at radius 1 is 1.52 bits per heavy atom. The first-order valence-electron chi connectivity index (χ1n) is 6.91. The fourth-order valence-corrected chi connectivity index (χ4v) is 2.32.